The molecule has 0 amide bonds. The smallest absolute Gasteiger partial charge is 0 e. The van der Waals surface area contributed by atoms with Gasteiger partial charge in [-0.15, -0.1) is 0 Å². The van der Waals surface area contributed by atoms with Crippen molar-refractivity contribution in [1.82, 2.24) is 0 Å². The normalized spacial score (nSPS) is 0. The SMILES string of the molecule is [La].[La].[La].[La].[La].[Sn].[Sn].[Sn]. The van der Waals surface area contributed by atoms with E-state index in [2.05, 4.69) is 0 Å². The molecular weight excluding hydrogens is 1050 g/mol. The van der Waals surface area contributed by atoms with Crippen molar-refractivity contribution >= 4 is 71.7 Å². The molecule has 0 aliphatic carbocycles. The topological polar surface area (TPSA) is 0 Å². The third-order valence-corrected chi connectivity index (χ3v) is 0. The van der Waals surface area contributed by atoms with Crippen molar-refractivity contribution in [2.45, 2.75) is 0 Å². The van der Waals surface area contributed by atoms with Gasteiger partial charge in [-0.25, -0.2) is 0 Å². The molecular formula is La5Sn3. The van der Waals surface area contributed by atoms with Gasteiger partial charge in [0.15, 0.2) is 0 Å². The summed E-state index contributed by atoms with van der Waals surface area (Å²) in [7, 11) is 0. The van der Waals surface area contributed by atoms with E-state index >= 15 is 0 Å². The number of hydrogen-bond donors (Lipinski definition) is 0. The van der Waals surface area contributed by atoms with Gasteiger partial charge in [0.2, 0.25) is 0 Å². The van der Waals surface area contributed by atoms with Crippen LogP contribution in [0.25, 0.3) is 0 Å². The first-order chi connectivity index (χ1) is 0. The Morgan fingerprint density at radius 1 is 0.250 bits per heavy atom. The predicted octanol–water partition coefficient (Wildman–Crippen LogP) is -1.14. The summed E-state index contributed by atoms with van der Waals surface area (Å²) in [5, 5.41) is 0. The molecule has 0 atom stereocenters. The van der Waals surface area contributed by atoms with Crippen LogP contribution in [0.5, 0.6) is 0 Å². The molecule has 0 aliphatic rings. The monoisotopic (exact) mass is 1050 g/mol. The van der Waals surface area contributed by atoms with Crippen LogP contribution < -0.4 is 0 Å². The van der Waals surface area contributed by atoms with E-state index < -0.39 is 0 Å². The van der Waals surface area contributed by atoms with Crippen molar-refractivity contribution in [3.8, 4) is 0 Å². The average Bonchev–Trinajstić information content (AvgIpc) is 0. The summed E-state index contributed by atoms with van der Waals surface area (Å²) in [4.78, 5) is 0. The Bertz CT molecular complexity index is 7.64. The minimum absolute atomic E-state index is 0. The number of rotatable bonds is 0. The van der Waals surface area contributed by atoms with Gasteiger partial charge in [0.1, 0.15) is 0 Å². The Morgan fingerprint density at radius 3 is 0.250 bits per heavy atom. The van der Waals surface area contributed by atoms with E-state index in [4.69, 9.17) is 0 Å². The van der Waals surface area contributed by atoms with Crippen molar-refractivity contribution in [3.05, 3.63) is 0 Å². The molecule has 0 nitrogen and oxygen atoms in total. The molecule has 0 saturated carbocycles. The first-order valence-electron chi connectivity index (χ1n) is 0. The van der Waals surface area contributed by atoms with Crippen molar-refractivity contribution in [3.63, 3.8) is 0 Å². The summed E-state index contributed by atoms with van der Waals surface area (Å²) in [5.41, 5.74) is 0. The Morgan fingerprint density at radius 2 is 0.250 bits per heavy atom. The van der Waals surface area contributed by atoms with Crippen LogP contribution in [0, 0.1) is 178 Å². The Hall–Kier alpha value is 8.37. The van der Waals surface area contributed by atoms with E-state index in [-0.39, 0.29) is 250 Å². The average molecular weight is 1050 g/mol. The van der Waals surface area contributed by atoms with Gasteiger partial charge >= 0.3 is 0 Å². The second kappa shape index (κ2) is 45.3. The fraction of sp³-hybridized carbons (Fsp3) is 0. The van der Waals surface area contributed by atoms with Crippen LogP contribution in [-0.2, 0) is 0 Å². The zero-order valence-corrected chi connectivity index (χ0v) is 31.1. The Labute approximate surface area is 241 Å². The molecule has 17 radical (unpaired) electrons. The maximum absolute atomic E-state index is 0. The van der Waals surface area contributed by atoms with Crippen LogP contribution in [0.2, 0.25) is 0 Å². The summed E-state index contributed by atoms with van der Waals surface area (Å²) in [6.45, 7) is 0. The van der Waals surface area contributed by atoms with E-state index in [1.807, 2.05) is 0 Å². The zero-order valence-electron chi connectivity index (χ0n) is 4.39. The van der Waals surface area contributed by atoms with Gasteiger partial charge < -0.3 is 0 Å². The van der Waals surface area contributed by atoms with Crippen molar-refractivity contribution < 1.29 is 178 Å². The molecule has 27 valence electrons. The third kappa shape index (κ3) is 36.7. The summed E-state index contributed by atoms with van der Waals surface area (Å²) in [6.07, 6.45) is 0. The standard InChI is InChI=1S/5La.3Sn. The first-order valence-corrected chi connectivity index (χ1v) is 0. The molecule has 8 heteroatoms. The van der Waals surface area contributed by atoms with E-state index in [1.54, 1.807) is 0 Å². The number of hydrogen-bond acceptors (Lipinski definition) is 0. The zero-order chi connectivity index (χ0) is 0. The summed E-state index contributed by atoms with van der Waals surface area (Å²) >= 11 is 0. The van der Waals surface area contributed by atoms with Gasteiger partial charge in [-0.05, 0) is 0 Å². The van der Waals surface area contributed by atoms with Crippen molar-refractivity contribution in [2.24, 2.45) is 0 Å². The fourth-order valence-corrected chi connectivity index (χ4v) is 0. The van der Waals surface area contributed by atoms with E-state index in [1.165, 1.54) is 0 Å². The van der Waals surface area contributed by atoms with E-state index in [0.29, 0.717) is 0 Å². The van der Waals surface area contributed by atoms with Crippen LogP contribution in [0.15, 0.2) is 0 Å². The molecule has 0 bridgehead atoms. The first kappa shape index (κ1) is 55.2. The molecule has 0 rings (SSSR count). The molecule has 0 fully saturated rings. The van der Waals surface area contributed by atoms with Gasteiger partial charge in [0.05, 0.1) is 0 Å². The van der Waals surface area contributed by atoms with Crippen molar-refractivity contribution in [2.75, 3.05) is 0 Å². The van der Waals surface area contributed by atoms with Gasteiger partial charge in [0.25, 0.3) is 0 Å². The van der Waals surface area contributed by atoms with E-state index in [9.17, 15) is 0 Å². The minimum Gasteiger partial charge on any atom is 0 e. The summed E-state index contributed by atoms with van der Waals surface area (Å²) in [6, 6.07) is 0. The van der Waals surface area contributed by atoms with Crippen LogP contribution in [-0.4, -0.2) is 71.7 Å². The minimum atomic E-state index is 0. The molecule has 8 heavy (non-hydrogen) atoms. The molecule has 0 aliphatic heterocycles. The second-order valence-electron chi connectivity index (χ2n) is 0. The van der Waals surface area contributed by atoms with Gasteiger partial charge in [-0.1, -0.05) is 0 Å². The van der Waals surface area contributed by atoms with Crippen LogP contribution >= 0.6 is 0 Å². The third-order valence-electron chi connectivity index (χ3n) is 0. The largest absolute Gasteiger partial charge is 0 e. The molecule has 0 saturated heterocycles. The molecule has 0 aromatic rings. The molecule has 0 N–H and O–H groups in total. The Balaban J connectivity index is 0. The van der Waals surface area contributed by atoms with Gasteiger partial charge in [0, 0.05) is 250 Å². The quantitative estimate of drug-likeness (QED) is 0.270. The summed E-state index contributed by atoms with van der Waals surface area (Å²) in [5.74, 6) is 0. The van der Waals surface area contributed by atoms with E-state index in [0.717, 1.165) is 0 Å². The Kier molecular flexibility index (Phi) is 313. The van der Waals surface area contributed by atoms with Gasteiger partial charge in [-0.2, -0.15) is 0 Å². The maximum atomic E-state index is 0. The molecule has 0 spiro atoms. The van der Waals surface area contributed by atoms with Gasteiger partial charge in [-0.3, -0.25) is 0 Å². The predicted molar refractivity (Wildman–Crippen MR) is 17.3 cm³/mol. The molecule has 0 aromatic heterocycles. The second-order valence-corrected chi connectivity index (χ2v) is 0. The van der Waals surface area contributed by atoms with Crippen molar-refractivity contribution in [1.29, 1.82) is 0 Å². The van der Waals surface area contributed by atoms with Crippen LogP contribution in [0.1, 0.15) is 0 Å². The molecule has 0 heterocycles. The molecule has 0 unspecified atom stereocenters. The van der Waals surface area contributed by atoms with Crippen LogP contribution in [0.4, 0.5) is 0 Å². The summed E-state index contributed by atoms with van der Waals surface area (Å²) < 4.78 is 0. The molecule has 0 aromatic carbocycles. The fourth-order valence-electron chi connectivity index (χ4n) is 0. The maximum Gasteiger partial charge on any atom is 0 e. The van der Waals surface area contributed by atoms with Crippen LogP contribution in [0.3, 0.4) is 0 Å².